The van der Waals surface area contributed by atoms with Crippen LogP contribution in [0.4, 0.5) is 14.5 Å². The fourth-order valence-corrected chi connectivity index (χ4v) is 2.87. The lowest BCUT2D eigenvalue weighted by atomic mass is 10.1. The minimum atomic E-state index is -1.18. The Morgan fingerprint density at radius 1 is 1.14 bits per heavy atom. The molecule has 1 N–H and O–H groups in total. The molecule has 8 heteroatoms. The Balaban J connectivity index is 1.54. The normalized spacial score (nSPS) is 15.6. The zero-order valence-electron chi connectivity index (χ0n) is 16.0. The van der Waals surface area contributed by atoms with Crippen molar-refractivity contribution in [2.45, 2.75) is 19.6 Å². The Bertz CT molecular complexity index is 867. The second kappa shape index (κ2) is 9.58. The predicted molar refractivity (Wildman–Crippen MR) is 102 cm³/mol. The number of halogens is 2. The van der Waals surface area contributed by atoms with E-state index in [1.54, 1.807) is 12.1 Å². The van der Waals surface area contributed by atoms with Gasteiger partial charge in [-0.3, -0.25) is 9.69 Å². The van der Waals surface area contributed by atoms with E-state index in [9.17, 15) is 18.4 Å². The molecular formula is C21H22F2N2O4. The summed E-state index contributed by atoms with van der Waals surface area (Å²) in [5.41, 5.74) is 1.04. The number of morpholine rings is 1. The fourth-order valence-electron chi connectivity index (χ4n) is 2.87. The Morgan fingerprint density at radius 3 is 2.52 bits per heavy atom. The summed E-state index contributed by atoms with van der Waals surface area (Å²) >= 11 is 0. The van der Waals surface area contributed by atoms with E-state index in [0.717, 1.165) is 43.4 Å². The van der Waals surface area contributed by atoms with Crippen molar-refractivity contribution in [3.63, 3.8) is 0 Å². The van der Waals surface area contributed by atoms with Crippen LogP contribution in [-0.4, -0.2) is 49.2 Å². The highest BCUT2D eigenvalue weighted by Crippen LogP contribution is 2.16. The van der Waals surface area contributed by atoms with Gasteiger partial charge in [0.1, 0.15) is 11.6 Å². The molecule has 1 aliphatic heterocycles. The van der Waals surface area contributed by atoms with E-state index >= 15 is 0 Å². The fraction of sp³-hybridized carbons (Fsp3) is 0.333. The molecule has 1 amide bonds. The van der Waals surface area contributed by atoms with Crippen LogP contribution in [0.15, 0.2) is 42.5 Å². The lowest BCUT2D eigenvalue weighted by Gasteiger charge is -2.26. The Kier molecular flexibility index (Phi) is 6.90. The van der Waals surface area contributed by atoms with Crippen LogP contribution < -0.4 is 5.32 Å². The number of ether oxygens (including phenoxy) is 2. The van der Waals surface area contributed by atoms with Gasteiger partial charge in [-0.1, -0.05) is 12.1 Å². The largest absolute Gasteiger partial charge is 0.449 e. The topological polar surface area (TPSA) is 67.9 Å². The minimum Gasteiger partial charge on any atom is -0.449 e. The van der Waals surface area contributed by atoms with Gasteiger partial charge in [0.15, 0.2) is 6.10 Å². The average molecular weight is 404 g/mol. The van der Waals surface area contributed by atoms with Gasteiger partial charge in [0.05, 0.1) is 24.5 Å². The van der Waals surface area contributed by atoms with E-state index in [2.05, 4.69) is 10.2 Å². The third kappa shape index (κ3) is 5.82. The number of benzene rings is 2. The molecule has 2 aromatic rings. The monoisotopic (exact) mass is 404 g/mol. The Morgan fingerprint density at radius 2 is 1.83 bits per heavy atom. The molecule has 0 radical (unpaired) electrons. The molecule has 1 fully saturated rings. The number of rotatable bonds is 6. The zero-order valence-corrected chi connectivity index (χ0v) is 16.0. The van der Waals surface area contributed by atoms with Gasteiger partial charge >= 0.3 is 5.97 Å². The molecule has 0 aliphatic carbocycles. The van der Waals surface area contributed by atoms with Crippen molar-refractivity contribution in [2.75, 3.05) is 31.6 Å². The van der Waals surface area contributed by atoms with Crippen LogP contribution in [-0.2, 0) is 20.8 Å². The zero-order chi connectivity index (χ0) is 20.8. The van der Waals surface area contributed by atoms with Gasteiger partial charge < -0.3 is 14.8 Å². The van der Waals surface area contributed by atoms with Gasteiger partial charge in [0, 0.05) is 25.7 Å². The van der Waals surface area contributed by atoms with E-state index < -0.39 is 29.6 Å². The highest BCUT2D eigenvalue weighted by atomic mass is 19.1. The lowest BCUT2D eigenvalue weighted by Crippen LogP contribution is -2.35. The third-order valence-corrected chi connectivity index (χ3v) is 4.54. The van der Waals surface area contributed by atoms with Gasteiger partial charge in [0.2, 0.25) is 0 Å². The maximum Gasteiger partial charge on any atom is 0.338 e. The number of nitrogens with one attached hydrogen (secondary N) is 1. The highest BCUT2D eigenvalue weighted by molar-refractivity contribution is 5.97. The van der Waals surface area contributed by atoms with Crippen molar-refractivity contribution in [3.05, 3.63) is 65.2 Å². The minimum absolute atomic E-state index is 0.298. The molecule has 3 rings (SSSR count). The molecule has 154 valence electrons. The molecule has 0 spiro atoms. The first kappa shape index (κ1) is 20.9. The van der Waals surface area contributed by atoms with Crippen molar-refractivity contribution in [1.82, 2.24) is 4.90 Å². The summed E-state index contributed by atoms with van der Waals surface area (Å²) in [6, 6.07) is 9.63. The van der Waals surface area contributed by atoms with Crippen LogP contribution in [0.25, 0.3) is 0 Å². The Hall–Kier alpha value is -2.84. The van der Waals surface area contributed by atoms with Gasteiger partial charge in [-0.2, -0.15) is 0 Å². The summed E-state index contributed by atoms with van der Waals surface area (Å²) in [5.74, 6) is -2.91. The molecule has 1 aliphatic rings. The van der Waals surface area contributed by atoms with Gasteiger partial charge in [-0.15, -0.1) is 0 Å². The van der Waals surface area contributed by atoms with E-state index in [0.29, 0.717) is 18.8 Å². The van der Waals surface area contributed by atoms with E-state index in [1.165, 1.54) is 6.92 Å². The number of carbonyl (C=O) groups is 2. The van der Waals surface area contributed by atoms with Crippen LogP contribution in [0, 0.1) is 11.6 Å². The molecule has 2 aromatic carbocycles. The van der Waals surface area contributed by atoms with E-state index in [-0.39, 0.29) is 5.69 Å². The highest BCUT2D eigenvalue weighted by Gasteiger charge is 2.20. The van der Waals surface area contributed by atoms with Crippen molar-refractivity contribution in [3.8, 4) is 0 Å². The van der Waals surface area contributed by atoms with Crippen molar-refractivity contribution >= 4 is 17.6 Å². The molecular weight excluding hydrogens is 382 g/mol. The molecule has 0 unspecified atom stereocenters. The van der Waals surface area contributed by atoms with E-state index in [1.807, 2.05) is 12.1 Å². The van der Waals surface area contributed by atoms with Crippen molar-refractivity contribution in [2.24, 2.45) is 0 Å². The maximum atomic E-state index is 13.6. The van der Waals surface area contributed by atoms with Crippen LogP contribution in [0.1, 0.15) is 22.8 Å². The SMILES string of the molecule is C[C@@H](OC(=O)c1ccc(CN2CCOCC2)cc1)C(=O)Nc1cc(F)ccc1F. The molecule has 0 saturated carbocycles. The number of anilines is 1. The molecule has 1 heterocycles. The van der Waals surface area contributed by atoms with Crippen molar-refractivity contribution < 1.29 is 27.8 Å². The number of nitrogens with zero attached hydrogens (tertiary/aromatic N) is 1. The number of hydrogen-bond donors (Lipinski definition) is 1. The second-order valence-corrected chi connectivity index (χ2v) is 6.75. The number of esters is 1. The van der Waals surface area contributed by atoms with Crippen LogP contribution in [0.5, 0.6) is 0 Å². The first-order valence-electron chi connectivity index (χ1n) is 9.28. The lowest BCUT2D eigenvalue weighted by molar-refractivity contribution is -0.123. The van der Waals surface area contributed by atoms with Crippen LogP contribution in [0.3, 0.4) is 0 Å². The van der Waals surface area contributed by atoms with Crippen molar-refractivity contribution in [1.29, 1.82) is 0 Å². The molecule has 6 nitrogen and oxygen atoms in total. The summed E-state index contributed by atoms with van der Waals surface area (Å²) in [6.07, 6.45) is -1.18. The van der Waals surface area contributed by atoms with E-state index in [4.69, 9.17) is 9.47 Å². The third-order valence-electron chi connectivity index (χ3n) is 4.54. The molecule has 29 heavy (non-hydrogen) atoms. The molecule has 1 saturated heterocycles. The average Bonchev–Trinajstić information content (AvgIpc) is 2.72. The van der Waals surface area contributed by atoms with Gasteiger partial charge in [-0.25, -0.2) is 13.6 Å². The summed E-state index contributed by atoms with van der Waals surface area (Å²) in [5, 5.41) is 2.22. The predicted octanol–water partition coefficient (Wildman–Crippen LogP) is 2.98. The molecule has 0 aromatic heterocycles. The quantitative estimate of drug-likeness (QED) is 0.750. The number of hydrogen-bond acceptors (Lipinski definition) is 5. The number of carbonyl (C=O) groups excluding carboxylic acids is 2. The van der Waals surface area contributed by atoms with Crippen LogP contribution >= 0.6 is 0 Å². The van der Waals surface area contributed by atoms with Crippen LogP contribution in [0.2, 0.25) is 0 Å². The smallest absolute Gasteiger partial charge is 0.338 e. The van der Waals surface area contributed by atoms with Gasteiger partial charge in [0.25, 0.3) is 5.91 Å². The first-order chi connectivity index (χ1) is 13.9. The number of amides is 1. The molecule has 1 atom stereocenters. The maximum absolute atomic E-state index is 13.6. The van der Waals surface area contributed by atoms with Gasteiger partial charge in [-0.05, 0) is 36.8 Å². The summed E-state index contributed by atoms with van der Waals surface area (Å²) in [7, 11) is 0. The molecule has 0 bridgehead atoms. The summed E-state index contributed by atoms with van der Waals surface area (Å²) in [6.45, 7) is 5.27. The summed E-state index contributed by atoms with van der Waals surface area (Å²) in [4.78, 5) is 26.7. The first-order valence-corrected chi connectivity index (χ1v) is 9.28. The summed E-state index contributed by atoms with van der Waals surface area (Å²) < 4.78 is 37.3. The standard InChI is InChI=1S/C21H22F2N2O4/c1-14(20(26)24-19-12-17(22)6-7-18(19)23)29-21(27)16-4-2-15(3-5-16)13-25-8-10-28-11-9-25/h2-7,12,14H,8-11,13H2,1H3,(H,24,26)/t14-/m1/s1. The second-order valence-electron chi connectivity index (χ2n) is 6.75. The Labute approximate surface area is 167 Å².